The van der Waals surface area contributed by atoms with Gasteiger partial charge in [-0.25, -0.2) is 0 Å². The maximum atomic E-state index is 6.37. The van der Waals surface area contributed by atoms with Gasteiger partial charge in [0.15, 0.2) is 0 Å². The first kappa shape index (κ1) is 15.7. The van der Waals surface area contributed by atoms with Crippen molar-refractivity contribution in [2.45, 2.75) is 64.5 Å². The van der Waals surface area contributed by atoms with E-state index in [-0.39, 0.29) is 0 Å². The molecule has 1 fully saturated rings. The lowest BCUT2D eigenvalue weighted by molar-refractivity contribution is 0.155. The SMILES string of the molecule is CCCNC(C)c1ccc(OC2CCCCC2)c(Cl)c1. The van der Waals surface area contributed by atoms with E-state index in [2.05, 4.69) is 25.2 Å². The number of nitrogens with one attached hydrogen (secondary N) is 1. The van der Waals surface area contributed by atoms with Gasteiger partial charge in [-0.15, -0.1) is 0 Å². The van der Waals surface area contributed by atoms with E-state index in [1.165, 1.54) is 24.8 Å². The van der Waals surface area contributed by atoms with E-state index < -0.39 is 0 Å². The molecule has 3 heteroatoms. The van der Waals surface area contributed by atoms with Crippen LogP contribution in [0.4, 0.5) is 0 Å². The summed E-state index contributed by atoms with van der Waals surface area (Å²) in [6, 6.07) is 6.51. The van der Waals surface area contributed by atoms with Crippen molar-refractivity contribution in [2.24, 2.45) is 0 Å². The van der Waals surface area contributed by atoms with E-state index in [9.17, 15) is 0 Å². The first-order valence-electron chi connectivity index (χ1n) is 7.90. The smallest absolute Gasteiger partial charge is 0.138 e. The average Bonchev–Trinajstić information content (AvgIpc) is 2.48. The van der Waals surface area contributed by atoms with Crippen molar-refractivity contribution in [3.8, 4) is 5.75 Å². The Balaban J connectivity index is 1.97. The van der Waals surface area contributed by atoms with Crippen molar-refractivity contribution < 1.29 is 4.74 Å². The van der Waals surface area contributed by atoms with Gasteiger partial charge in [0.1, 0.15) is 5.75 Å². The third kappa shape index (κ3) is 4.39. The van der Waals surface area contributed by atoms with Crippen molar-refractivity contribution >= 4 is 11.6 Å². The quantitative estimate of drug-likeness (QED) is 0.787. The summed E-state index contributed by atoms with van der Waals surface area (Å²) in [5, 5.41) is 4.21. The molecule has 1 atom stereocenters. The van der Waals surface area contributed by atoms with Crippen molar-refractivity contribution in [1.29, 1.82) is 0 Å². The second-order valence-corrected chi connectivity index (χ2v) is 6.15. The highest BCUT2D eigenvalue weighted by Gasteiger charge is 2.16. The second kappa shape index (κ2) is 7.90. The first-order valence-corrected chi connectivity index (χ1v) is 8.28. The molecule has 0 aliphatic heterocycles. The minimum atomic E-state index is 0.330. The van der Waals surface area contributed by atoms with E-state index >= 15 is 0 Å². The minimum Gasteiger partial charge on any atom is -0.489 e. The summed E-state index contributed by atoms with van der Waals surface area (Å²) in [6.07, 6.45) is 7.70. The van der Waals surface area contributed by atoms with Crippen LogP contribution in [-0.2, 0) is 0 Å². The summed E-state index contributed by atoms with van der Waals surface area (Å²) < 4.78 is 6.05. The van der Waals surface area contributed by atoms with Crippen LogP contribution < -0.4 is 10.1 Å². The standard InChI is InChI=1S/C17H26ClNO/c1-3-11-19-13(2)14-9-10-17(16(18)12-14)20-15-7-5-4-6-8-15/h9-10,12-13,15,19H,3-8,11H2,1-2H3. The van der Waals surface area contributed by atoms with Gasteiger partial charge < -0.3 is 10.1 Å². The lowest BCUT2D eigenvalue weighted by Gasteiger charge is -2.24. The Morgan fingerprint density at radius 2 is 2.05 bits per heavy atom. The molecule has 0 bridgehead atoms. The van der Waals surface area contributed by atoms with Gasteiger partial charge >= 0.3 is 0 Å². The van der Waals surface area contributed by atoms with Crippen molar-refractivity contribution in [2.75, 3.05) is 6.54 Å². The Morgan fingerprint density at radius 1 is 1.30 bits per heavy atom. The number of hydrogen-bond acceptors (Lipinski definition) is 2. The molecule has 2 rings (SSSR count). The van der Waals surface area contributed by atoms with Gasteiger partial charge in [0.25, 0.3) is 0 Å². The first-order chi connectivity index (χ1) is 9.70. The molecule has 1 saturated carbocycles. The molecule has 2 nitrogen and oxygen atoms in total. The molecule has 1 unspecified atom stereocenters. The van der Waals surface area contributed by atoms with Crippen molar-refractivity contribution in [3.63, 3.8) is 0 Å². The summed E-state index contributed by atoms with van der Waals surface area (Å²) in [4.78, 5) is 0. The van der Waals surface area contributed by atoms with Crippen LogP contribution in [0.25, 0.3) is 0 Å². The maximum absolute atomic E-state index is 6.37. The van der Waals surface area contributed by atoms with E-state index in [1.807, 2.05) is 12.1 Å². The molecule has 1 aliphatic rings. The topological polar surface area (TPSA) is 21.3 Å². The number of halogens is 1. The second-order valence-electron chi connectivity index (χ2n) is 5.74. The van der Waals surface area contributed by atoms with Gasteiger partial charge in [-0.2, -0.15) is 0 Å². The molecule has 0 amide bonds. The average molecular weight is 296 g/mol. The Morgan fingerprint density at radius 3 is 2.70 bits per heavy atom. The third-order valence-corrected chi connectivity index (χ3v) is 4.30. The summed E-state index contributed by atoms with van der Waals surface area (Å²) >= 11 is 6.37. The lowest BCUT2D eigenvalue weighted by Crippen LogP contribution is -2.20. The molecule has 1 aromatic rings. The molecule has 0 radical (unpaired) electrons. The molecule has 112 valence electrons. The van der Waals surface area contributed by atoms with Crippen LogP contribution >= 0.6 is 11.6 Å². The molecule has 1 N–H and O–H groups in total. The van der Waals surface area contributed by atoms with Crippen LogP contribution in [0.3, 0.4) is 0 Å². The normalized spacial score (nSPS) is 17.9. The molecule has 0 aromatic heterocycles. The molecular formula is C17H26ClNO. The molecular weight excluding hydrogens is 270 g/mol. The van der Waals surface area contributed by atoms with Crippen LogP contribution in [0.15, 0.2) is 18.2 Å². The van der Waals surface area contributed by atoms with Crippen molar-refractivity contribution in [1.82, 2.24) is 5.32 Å². The summed E-state index contributed by atoms with van der Waals surface area (Å²) in [5.41, 5.74) is 1.22. The fourth-order valence-electron chi connectivity index (χ4n) is 2.72. The largest absolute Gasteiger partial charge is 0.489 e. The van der Waals surface area contributed by atoms with Crippen LogP contribution in [0.1, 0.15) is 64.0 Å². The Hall–Kier alpha value is -0.730. The van der Waals surface area contributed by atoms with E-state index in [4.69, 9.17) is 16.3 Å². The van der Waals surface area contributed by atoms with Gasteiger partial charge in [-0.05, 0) is 63.3 Å². The molecule has 0 spiro atoms. The molecule has 0 saturated heterocycles. The number of hydrogen-bond donors (Lipinski definition) is 1. The van der Waals surface area contributed by atoms with Gasteiger partial charge in [0.2, 0.25) is 0 Å². The van der Waals surface area contributed by atoms with E-state index in [0.29, 0.717) is 12.1 Å². The highest BCUT2D eigenvalue weighted by molar-refractivity contribution is 6.32. The van der Waals surface area contributed by atoms with Gasteiger partial charge in [0, 0.05) is 6.04 Å². The number of ether oxygens (including phenoxy) is 1. The lowest BCUT2D eigenvalue weighted by atomic mass is 9.98. The number of benzene rings is 1. The van der Waals surface area contributed by atoms with E-state index in [1.54, 1.807) is 0 Å². The fourth-order valence-corrected chi connectivity index (χ4v) is 2.96. The molecule has 1 aromatic carbocycles. The third-order valence-electron chi connectivity index (χ3n) is 4.00. The monoisotopic (exact) mass is 295 g/mol. The highest BCUT2D eigenvalue weighted by atomic mass is 35.5. The van der Waals surface area contributed by atoms with Gasteiger partial charge in [-0.3, -0.25) is 0 Å². The molecule has 1 aliphatic carbocycles. The Bertz CT molecular complexity index is 415. The van der Waals surface area contributed by atoms with Crippen LogP contribution in [-0.4, -0.2) is 12.6 Å². The fraction of sp³-hybridized carbons (Fsp3) is 0.647. The zero-order valence-corrected chi connectivity index (χ0v) is 13.4. The summed E-state index contributed by atoms with van der Waals surface area (Å²) in [6.45, 7) is 5.37. The molecule has 20 heavy (non-hydrogen) atoms. The summed E-state index contributed by atoms with van der Waals surface area (Å²) in [5.74, 6) is 0.838. The van der Waals surface area contributed by atoms with Gasteiger partial charge in [-0.1, -0.05) is 31.0 Å². The van der Waals surface area contributed by atoms with Crippen LogP contribution in [0.5, 0.6) is 5.75 Å². The minimum absolute atomic E-state index is 0.330. The molecule has 0 heterocycles. The van der Waals surface area contributed by atoms with Crippen LogP contribution in [0, 0.1) is 0 Å². The summed E-state index contributed by atoms with van der Waals surface area (Å²) in [7, 11) is 0. The number of rotatable bonds is 6. The Kier molecular flexibility index (Phi) is 6.18. The van der Waals surface area contributed by atoms with Crippen molar-refractivity contribution in [3.05, 3.63) is 28.8 Å². The maximum Gasteiger partial charge on any atom is 0.138 e. The highest BCUT2D eigenvalue weighted by Crippen LogP contribution is 2.31. The van der Waals surface area contributed by atoms with E-state index in [0.717, 1.165) is 36.6 Å². The van der Waals surface area contributed by atoms with Crippen LogP contribution in [0.2, 0.25) is 5.02 Å². The predicted molar refractivity (Wildman–Crippen MR) is 85.7 cm³/mol. The Labute approximate surface area is 127 Å². The van der Waals surface area contributed by atoms with Gasteiger partial charge in [0.05, 0.1) is 11.1 Å². The zero-order chi connectivity index (χ0) is 14.4. The predicted octanol–water partition coefficient (Wildman–Crippen LogP) is 5.11. The zero-order valence-electron chi connectivity index (χ0n) is 12.6.